The highest BCUT2D eigenvalue weighted by Gasteiger charge is 2.45. The minimum absolute atomic E-state index is 0.000655. The van der Waals surface area contributed by atoms with Crippen LogP contribution in [0.3, 0.4) is 0 Å². The summed E-state index contributed by atoms with van der Waals surface area (Å²) >= 11 is 1.56. The second-order valence-corrected chi connectivity index (χ2v) is 19.5. The second-order valence-electron chi connectivity index (χ2n) is 18.7. The van der Waals surface area contributed by atoms with Gasteiger partial charge in [-0.15, -0.1) is 11.3 Å². The summed E-state index contributed by atoms with van der Waals surface area (Å²) in [5.74, 6) is -2.58. The summed E-state index contributed by atoms with van der Waals surface area (Å²) in [5, 5.41) is 19.5. The van der Waals surface area contributed by atoms with Crippen molar-refractivity contribution in [3.63, 3.8) is 0 Å². The smallest absolute Gasteiger partial charge is 0.251 e. The first kappa shape index (κ1) is 47.9. The molecule has 350 valence electrons. The van der Waals surface area contributed by atoms with E-state index in [1.807, 2.05) is 70.2 Å². The number of benzene rings is 3. The van der Waals surface area contributed by atoms with Crippen LogP contribution in [0.15, 0.2) is 72.2 Å². The molecule has 7 atom stereocenters. The van der Waals surface area contributed by atoms with Gasteiger partial charge in [-0.3, -0.25) is 33.7 Å². The number of likely N-dealkylation sites (tertiary alicyclic amines) is 1. The van der Waals surface area contributed by atoms with E-state index in [-0.39, 0.29) is 56.3 Å². The largest absolute Gasteiger partial charge is 0.391 e. The number of amides is 6. The molecule has 3 aliphatic heterocycles. The van der Waals surface area contributed by atoms with Crippen LogP contribution in [0.1, 0.15) is 91.7 Å². The van der Waals surface area contributed by atoms with Gasteiger partial charge in [-0.25, -0.2) is 4.98 Å². The number of rotatable bonds is 16. The predicted molar refractivity (Wildman–Crippen MR) is 250 cm³/mol. The van der Waals surface area contributed by atoms with Gasteiger partial charge in [0.05, 0.1) is 52.7 Å². The lowest BCUT2D eigenvalue weighted by Gasteiger charge is -2.35. The zero-order valence-electron chi connectivity index (χ0n) is 38.0. The summed E-state index contributed by atoms with van der Waals surface area (Å²) in [7, 11) is 0. The Bertz CT molecular complexity index is 2450. The van der Waals surface area contributed by atoms with Crippen LogP contribution in [0.2, 0.25) is 0 Å². The third-order valence-corrected chi connectivity index (χ3v) is 13.7. The Morgan fingerprint density at radius 2 is 1.65 bits per heavy atom. The standard InChI is InChI=1S/C49H60N8O8S/c1-27-42(66-26-53-27)32-13-9-29(10-14-32)23-52-45(61)38-22-35(58)24-56(38)48(64)43(49(3,4)5)55-44(60)33-15-11-30(12-16-33)25-65-28(2)37(19-20-40(51)59)54-46(62)39-21-34-8-6-7-31-17-18-36(50)47(63)57(39)41(31)34/h6-16,26,28,35-39,43,58H,17-25,50H2,1-5H3,(H2,51,59)(H,52,61)(H,54,62)(H,55,60)/t28-,35-,36+,37+,38+,39+,43-/m1/s1. The molecule has 3 aliphatic rings. The van der Waals surface area contributed by atoms with Crippen molar-refractivity contribution in [3.8, 4) is 10.4 Å². The summed E-state index contributed by atoms with van der Waals surface area (Å²) < 4.78 is 6.22. The molecule has 1 aromatic heterocycles. The number of aryl methyl sites for hydroxylation is 2. The van der Waals surface area contributed by atoms with Gasteiger partial charge in [-0.05, 0) is 78.5 Å². The number of anilines is 1. The first-order valence-corrected chi connectivity index (χ1v) is 23.3. The molecule has 0 radical (unpaired) electrons. The third-order valence-electron chi connectivity index (χ3n) is 12.8. The van der Waals surface area contributed by atoms with Crippen molar-refractivity contribution in [1.29, 1.82) is 0 Å². The summed E-state index contributed by atoms with van der Waals surface area (Å²) in [6.07, 6.45) is 0.226. The number of nitrogens with one attached hydrogen (secondary N) is 3. The first-order chi connectivity index (χ1) is 31.4. The lowest BCUT2D eigenvalue weighted by Crippen LogP contribution is -2.57. The Balaban J connectivity index is 0.951. The Kier molecular flexibility index (Phi) is 14.7. The summed E-state index contributed by atoms with van der Waals surface area (Å²) in [5.41, 5.74) is 19.3. The Labute approximate surface area is 388 Å². The number of primary amides is 1. The van der Waals surface area contributed by atoms with Crippen LogP contribution >= 0.6 is 11.3 Å². The van der Waals surface area contributed by atoms with Gasteiger partial charge >= 0.3 is 0 Å². The fraction of sp³-hybridized carbons (Fsp3) is 0.449. The van der Waals surface area contributed by atoms with Gasteiger partial charge in [-0.1, -0.05) is 75.4 Å². The Hall–Kier alpha value is -6.01. The van der Waals surface area contributed by atoms with E-state index in [1.54, 1.807) is 48.0 Å². The molecular formula is C49H60N8O8S. The van der Waals surface area contributed by atoms with Crippen molar-refractivity contribution < 1.29 is 38.6 Å². The van der Waals surface area contributed by atoms with Crippen molar-refractivity contribution in [1.82, 2.24) is 25.8 Å². The van der Waals surface area contributed by atoms with Crippen LogP contribution in [-0.4, -0.2) is 99.4 Å². The second kappa shape index (κ2) is 20.2. The topological polar surface area (TPSA) is 239 Å². The van der Waals surface area contributed by atoms with Crippen molar-refractivity contribution in [2.24, 2.45) is 16.9 Å². The van der Waals surface area contributed by atoms with Crippen LogP contribution < -0.4 is 32.3 Å². The van der Waals surface area contributed by atoms with E-state index >= 15 is 0 Å². The molecule has 66 heavy (non-hydrogen) atoms. The number of nitrogens with zero attached hydrogens (tertiary/aromatic N) is 3. The molecule has 0 bridgehead atoms. The molecule has 7 rings (SSSR count). The van der Waals surface area contributed by atoms with Gasteiger partial charge in [0, 0.05) is 37.9 Å². The molecule has 0 spiro atoms. The number of hydrogen-bond donors (Lipinski definition) is 6. The van der Waals surface area contributed by atoms with Gasteiger partial charge in [0.15, 0.2) is 0 Å². The molecule has 0 unspecified atom stereocenters. The Morgan fingerprint density at radius 1 is 0.955 bits per heavy atom. The minimum Gasteiger partial charge on any atom is -0.391 e. The predicted octanol–water partition coefficient (Wildman–Crippen LogP) is 3.43. The van der Waals surface area contributed by atoms with E-state index < -0.39 is 71.5 Å². The number of para-hydroxylation sites is 1. The Morgan fingerprint density at radius 3 is 2.32 bits per heavy atom. The molecule has 4 heterocycles. The van der Waals surface area contributed by atoms with Crippen molar-refractivity contribution in [3.05, 3.63) is 106 Å². The van der Waals surface area contributed by atoms with E-state index in [4.69, 9.17) is 16.2 Å². The molecule has 0 saturated carbocycles. The number of aliphatic hydroxyl groups is 1. The fourth-order valence-corrected chi connectivity index (χ4v) is 9.77. The van der Waals surface area contributed by atoms with Crippen LogP contribution in [-0.2, 0) is 54.7 Å². The molecule has 4 aromatic rings. The summed E-state index contributed by atoms with van der Waals surface area (Å²) in [6, 6.07) is 16.2. The molecule has 0 aliphatic carbocycles. The van der Waals surface area contributed by atoms with Gasteiger partial charge < -0.3 is 42.2 Å². The number of thiazole rings is 1. The number of hydrogen-bond acceptors (Lipinski definition) is 11. The quantitative estimate of drug-likeness (QED) is 0.0958. The van der Waals surface area contributed by atoms with Gasteiger partial charge in [0.25, 0.3) is 5.91 Å². The molecule has 16 nitrogen and oxygen atoms in total. The molecular weight excluding hydrogens is 861 g/mol. The fourth-order valence-electron chi connectivity index (χ4n) is 8.95. The number of β-amino-alcohol motifs (C(OH)–C–C–N with tert-alkyl or cyclic N) is 1. The molecule has 1 saturated heterocycles. The number of nitrogens with two attached hydrogens (primary N) is 2. The summed E-state index contributed by atoms with van der Waals surface area (Å²) in [4.78, 5) is 89.0. The SMILES string of the molecule is Cc1ncsc1-c1ccc(CNC(=O)[C@@H]2C[C@@H](O)CN2C(=O)[C@@H](NC(=O)c2ccc(CO[C@H](C)[C@H](CCC(N)=O)NC(=O)[C@@H]3Cc4cccc5c4N3C(=O)[C@@H](N)CC5)cc2)C(C)(C)C)cc1. The van der Waals surface area contributed by atoms with E-state index in [1.165, 1.54) is 9.80 Å². The van der Waals surface area contributed by atoms with E-state index in [2.05, 4.69) is 20.9 Å². The number of carbonyl (C=O) groups excluding carboxylic acids is 6. The van der Waals surface area contributed by atoms with Crippen LogP contribution in [0.25, 0.3) is 10.4 Å². The maximum atomic E-state index is 14.2. The third kappa shape index (κ3) is 10.8. The molecule has 17 heteroatoms. The van der Waals surface area contributed by atoms with Gasteiger partial charge in [0.2, 0.25) is 29.5 Å². The van der Waals surface area contributed by atoms with Crippen molar-refractivity contribution in [2.75, 3.05) is 11.4 Å². The normalized spacial score (nSPS) is 20.5. The molecule has 3 aromatic carbocycles. The molecule has 1 fully saturated rings. The maximum absolute atomic E-state index is 14.2. The summed E-state index contributed by atoms with van der Waals surface area (Å²) in [6.45, 7) is 9.49. The van der Waals surface area contributed by atoms with E-state index in [0.717, 1.165) is 44.1 Å². The number of ether oxygens (including phenoxy) is 1. The average Bonchev–Trinajstić information content (AvgIpc) is 4.00. The number of carbonyl (C=O) groups is 6. The first-order valence-electron chi connectivity index (χ1n) is 22.4. The van der Waals surface area contributed by atoms with E-state index in [0.29, 0.717) is 19.3 Å². The van der Waals surface area contributed by atoms with Crippen LogP contribution in [0, 0.1) is 12.3 Å². The minimum atomic E-state index is -1.03. The zero-order chi connectivity index (χ0) is 47.4. The van der Waals surface area contributed by atoms with E-state index in [9.17, 15) is 33.9 Å². The highest BCUT2D eigenvalue weighted by molar-refractivity contribution is 7.13. The van der Waals surface area contributed by atoms with Gasteiger partial charge in [-0.2, -0.15) is 0 Å². The van der Waals surface area contributed by atoms with Crippen LogP contribution in [0.5, 0.6) is 0 Å². The maximum Gasteiger partial charge on any atom is 0.251 e. The lowest BCUT2D eigenvalue weighted by molar-refractivity contribution is -0.142. The van der Waals surface area contributed by atoms with Gasteiger partial charge in [0.1, 0.15) is 18.1 Å². The highest BCUT2D eigenvalue weighted by Crippen LogP contribution is 2.39. The molecule has 6 amide bonds. The van der Waals surface area contributed by atoms with Crippen LogP contribution in [0.4, 0.5) is 5.69 Å². The number of aliphatic hydroxyl groups excluding tert-OH is 1. The average molecular weight is 921 g/mol. The van der Waals surface area contributed by atoms with Crippen molar-refractivity contribution >= 4 is 52.5 Å². The lowest BCUT2D eigenvalue weighted by atomic mass is 9.85. The zero-order valence-corrected chi connectivity index (χ0v) is 38.9. The highest BCUT2D eigenvalue weighted by atomic mass is 32.1. The molecule has 8 N–H and O–H groups in total. The number of aromatic nitrogens is 1. The van der Waals surface area contributed by atoms with Crippen molar-refractivity contribution in [2.45, 2.75) is 129 Å². The monoisotopic (exact) mass is 920 g/mol.